The molecule has 1 aliphatic carbocycles. The van der Waals surface area contributed by atoms with Crippen LogP contribution in [0, 0.1) is 0 Å². The summed E-state index contributed by atoms with van der Waals surface area (Å²) in [5, 5.41) is 2.64. The third-order valence-corrected chi connectivity index (χ3v) is 6.14. The molecule has 194 valence electrons. The van der Waals surface area contributed by atoms with Gasteiger partial charge < -0.3 is 24.3 Å². The van der Waals surface area contributed by atoms with Gasteiger partial charge in [-0.1, -0.05) is 60.7 Å². The number of rotatable bonds is 9. The molecule has 3 aromatic carbocycles. The fourth-order valence-electron chi connectivity index (χ4n) is 4.26. The summed E-state index contributed by atoms with van der Waals surface area (Å²) in [6.07, 6.45) is -0.703. The van der Waals surface area contributed by atoms with Gasteiger partial charge in [0.1, 0.15) is 19.0 Å². The minimum absolute atomic E-state index is 0.0465. The van der Waals surface area contributed by atoms with Gasteiger partial charge in [-0.25, -0.2) is 9.59 Å². The molecule has 4 rings (SSSR count). The fourth-order valence-corrected chi connectivity index (χ4v) is 4.26. The SMILES string of the molecule is COc1ccc(COC(=O)[C@@H](COC(C)(C)C)NC(=O)OCC2c3ccccc3-c3ccccc32)cc1. The molecular formula is C30H33NO6. The van der Waals surface area contributed by atoms with Gasteiger partial charge in [-0.05, 0) is 60.7 Å². The van der Waals surface area contributed by atoms with Crippen LogP contribution in [0.15, 0.2) is 72.8 Å². The lowest BCUT2D eigenvalue weighted by Gasteiger charge is -2.24. The summed E-state index contributed by atoms with van der Waals surface area (Å²) in [6.45, 7) is 5.78. The molecule has 7 heteroatoms. The molecule has 0 fully saturated rings. The molecule has 1 atom stereocenters. The van der Waals surface area contributed by atoms with Gasteiger partial charge in [0.15, 0.2) is 6.04 Å². The minimum atomic E-state index is -1.02. The zero-order chi connectivity index (χ0) is 26.4. The predicted molar refractivity (Wildman–Crippen MR) is 140 cm³/mol. The Hall–Kier alpha value is -3.84. The Morgan fingerprint density at radius 2 is 1.46 bits per heavy atom. The molecule has 7 nitrogen and oxygen atoms in total. The van der Waals surface area contributed by atoms with E-state index in [0.29, 0.717) is 5.75 Å². The normalized spacial score (nSPS) is 13.3. The van der Waals surface area contributed by atoms with E-state index >= 15 is 0 Å². The number of ether oxygens (including phenoxy) is 4. The molecule has 1 N–H and O–H groups in total. The Kier molecular flexibility index (Phi) is 8.14. The van der Waals surface area contributed by atoms with Gasteiger partial charge in [-0.15, -0.1) is 0 Å². The lowest BCUT2D eigenvalue weighted by atomic mass is 9.98. The standard InChI is InChI=1S/C30H33NO6/c1-30(2,3)37-19-27(28(32)35-17-20-13-15-21(34-4)16-14-20)31-29(33)36-18-26-24-11-7-5-9-22(24)23-10-6-8-12-25(23)26/h5-16,26-27H,17-19H2,1-4H3,(H,31,33)/t27-/m1/s1. The number of amides is 1. The van der Waals surface area contributed by atoms with Gasteiger partial charge in [0.25, 0.3) is 0 Å². The van der Waals surface area contributed by atoms with Crippen molar-refractivity contribution in [1.29, 1.82) is 0 Å². The van der Waals surface area contributed by atoms with Crippen molar-refractivity contribution in [3.63, 3.8) is 0 Å². The number of carbonyl (C=O) groups excluding carboxylic acids is 2. The molecule has 1 aliphatic rings. The van der Waals surface area contributed by atoms with E-state index in [-0.39, 0.29) is 25.7 Å². The van der Waals surface area contributed by atoms with E-state index in [9.17, 15) is 9.59 Å². The molecule has 3 aromatic rings. The molecule has 0 saturated carbocycles. The molecular weight excluding hydrogens is 470 g/mol. The fraction of sp³-hybridized carbons (Fsp3) is 0.333. The first-order valence-electron chi connectivity index (χ1n) is 12.3. The van der Waals surface area contributed by atoms with Crippen molar-refractivity contribution in [2.24, 2.45) is 0 Å². The number of benzene rings is 3. The van der Waals surface area contributed by atoms with Crippen molar-refractivity contribution in [3.8, 4) is 16.9 Å². The number of esters is 1. The third-order valence-electron chi connectivity index (χ3n) is 6.14. The molecule has 0 bridgehead atoms. The van der Waals surface area contributed by atoms with Gasteiger partial charge in [0.05, 0.1) is 19.3 Å². The summed E-state index contributed by atoms with van der Waals surface area (Å²) in [4.78, 5) is 25.7. The Morgan fingerprint density at radius 1 is 0.865 bits per heavy atom. The third kappa shape index (κ3) is 6.68. The molecule has 0 heterocycles. The van der Waals surface area contributed by atoms with Crippen molar-refractivity contribution in [3.05, 3.63) is 89.5 Å². The van der Waals surface area contributed by atoms with E-state index in [1.165, 1.54) is 0 Å². The Balaban J connectivity index is 1.39. The van der Waals surface area contributed by atoms with E-state index in [2.05, 4.69) is 29.6 Å². The maximum Gasteiger partial charge on any atom is 0.407 e. The highest BCUT2D eigenvalue weighted by Crippen LogP contribution is 2.44. The van der Waals surface area contributed by atoms with Crippen LogP contribution >= 0.6 is 0 Å². The number of hydrogen-bond donors (Lipinski definition) is 1. The Bertz CT molecular complexity index is 1190. The van der Waals surface area contributed by atoms with Crippen LogP contribution in [0.4, 0.5) is 4.79 Å². The molecule has 0 saturated heterocycles. The first-order chi connectivity index (χ1) is 17.7. The zero-order valence-electron chi connectivity index (χ0n) is 21.7. The highest BCUT2D eigenvalue weighted by molar-refractivity contribution is 5.82. The van der Waals surface area contributed by atoms with Gasteiger partial charge >= 0.3 is 12.1 Å². The summed E-state index contributed by atoms with van der Waals surface area (Å²) in [5.41, 5.74) is 4.81. The second-order valence-corrected chi connectivity index (χ2v) is 9.90. The lowest BCUT2D eigenvalue weighted by molar-refractivity contribution is -0.150. The topological polar surface area (TPSA) is 83.1 Å². The van der Waals surface area contributed by atoms with E-state index in [1.54, 1.807) is 19.2 Å². The second-order valence-electron chi connectivity index (χ2n) is 9.90. The summed E-state index contributed by atoms with van der Waals surface area (Å²) < 4.78 is 22.0. The molecule has 0 aromatic heterocycles. The molecule has 1 amide bonds. The van der Waals surface area contributed by atoms with Gasteiger partial charge in [0, 0.05) is 5.92 Å². The van der Waals surface area contributed by atoms with Crippen molar-refractivity contribution in [1.82, 2.24) is 5.32 Å². The second kappa shape index (κ2) is 11.5. The van der Waals surface area contributed by atoms with Crippen LogP contribution in [-0.2, 0) is 25.6 Å². The molecule has 0 radical (unpaired) electrons. The maximum absolute atomic E-state index is 12.9. The molecule has 37 heavy (non-hydrogen) atoms. The van der Waals surface area contributed by atoms with Crippen molar-refractivity contribution in [2.45, 2.75) is 44.9 Å². The molecule has 0 spiro atoms. The quantitative estimate of drug-likeness (QED) is 0.391. The number of alkyl carbamates (subject to hydrolysis) is 1. The van der Waals surface area contributed by atoms with Gasteiger partial charge in [-0.2, -0.15) is 0 Å². The smallest absolute Gasteiger partial charge is 0.407 e. The molecule has 0 aliphatic heterocycles. The first-order valence-corrected chi connectivity index (χ1v) is 12.3. The monoisotopic (exact) mass is 503 g/mol. The number of nitrogens with one attached hydrogen (secondary N) is 1. The van der Waals surface area contributed by atoms with Gasteiger partial charge in [-0.3, -0.25) is 0 Å². The molecule has 0 unspecified atom stereocenters. The van der Waals surface area contributed by atoms with Crippen LogP contribution in [0.5, 0.6) is 5.75 Å². The van der Waals surface area contributed by atoms with Crippen LogP contribution in [0.3, 0.4) is 0 Å². The zero-order valence-corrected chi connectivity index (χ0v) is 21.7. The van der Waals surface area contributed by atoms with Crippen LogP contribution < -0.4 is 10.1 Å². The summed E-state index contributed by atoms with van der Waals surface area (Å²) in [6, 6.07) is 22.4. The minimum Gasteiger partial charge on any atom is -0.497 e. The van der Waals surface area contributed by atoms with Crippen LogP contribution in [0.25, 0.3) is 11.1 Å². The average molecular weight is 504 g/mol. The summed E-state index contributed by atoms with van der Waals surface area (Å²) >= 11 is 0. The lowest BCUT2D eigenvalue weighted by Crippen LogP contribution is -2.46. The van der Waals surface area contributed by atoms with E-state index < -0.39 is 23.7 Å². The van der Waals surface area contributed by atoms with Gasteiger partial charge in [0.2, 0.25) is 0 Å². The Labute approximate surface area is 217 Å². The Morgan fingerprint density at radius 3 is 2.03 bits per heavy atom. The summed E-state index contributed by atoms with van der Waals surface area (Å²) in [7, 11) is 1.59. The average Bonchev–Trinajstić information content (AvgIpc) is 3.22. The van der Waals surface area contributed by atoms with Crippen molar-refractivity contribution < 1.29 is 28.5 Å². The largest absolute Gasteiger partial charge is 0.497 e. The highest BCUT2D eigenvalue weighted by atomic mass is 16.6. The number of methoxy groups -OCH3 is 1. The van der Waals surface area contributed by atoms with Crippen LogP contribution in [0.1, 0.15) is 43.4 Å². The first kappa shape index (κ1) is 26.2. The number of carbonyl (C=O) groups is 2. The predicted octanol–water partition coefficient (Wildman–Crippen LogP) is 5.46. The van der Waals surface area contributed by atoms with Crippen LogP contribution in [0.2, 0.25) is 0 Å². The number of hydrogen-bond acceptors (Lipinski definition) is 6. The summed E-state index contributed by atoms with van der Waals surface area (Å²) in [5.74, 6) is 0.0291. The van der Waals surface area contributed by atoms with Crippen molar-refractivity contribution in [2.75, 3.05) is 20.3 Å². The van der Waals surface area contributed by atoms with E-state index in [1.807, 2.05) is 57.2 Å². The van der Waals surface area contributed by atoms with E-state index in [4.69, 9.17) is 18.9 Å². The van der Waals surface area contributed by atoms with Crippen LogP contribution in [-0.4, -0.2) is 44.0 Å². The van der Waals surface area contributed by atoms with Crippen molar-refractivity contribution >= 4 is 12.1 Å². The van der Waals surface area contributed by atoms with E-state index in [0.717, 1.165) is 27.8 Å². The highest BCUT2D eigenvalue weighted by Gasteiger charge is 2.30. The number of fused-ring (bicyclic) bond motifs is 3. The maximum atomic E-state index is 12.9.